The van der Waals surface area contributed by atoms with Gasteiger partial charge in [-0.3, -0.25) is 4.79 Å². The number of thiophene rings is 1. The Kier molecular flexibility index (Phi) is 4.85. The first kappa shape index (κ1) is 18.1. The topological polar surface area (TPSA) is 77.1 Å². The van der Waals surface area contributed by atoms with Crippen molar-refractivity contribution in [2.45, 2.75) is 25.8 Å². The molecule has 1 atom stereocenters. The Hall–Kier alpha value is -3.00. The quantitative estimate of drug-likeness (QED) is 0.505. The van der Waals surface area contributed by atoms with E-state index in [-0.39, 0.29) is 5.91 Å². The van der Waals surface area contributed by atoms with Crippen molar-refractivity contribution in [3.8, 4) is 11.4 Å². The maximum absolute atomic E-state index is 12.9. The molecular weight excluding hydrogens is 386 g/mol. The van der Waals surface area contributed by atoms with E-state index in [1.165, 1.54) is 0 Å². The zero-order valence-electron chi connectivity index (χ0n) is 15.9. The van der Waals surface area contributed by atoms with E-state index in [4.69, 9.17) is 4.52 Å². The number of carbonyl (C=O) groups is 1. The zero-order chi connectivity index (χ0) is 19.6. The third-order valence-electron chi connectivity index (χ3n) is 5.42. The summed E-state index contributed by atoms with van der Waals surface area (Å²) in [4.78, 5) is 23.8. The average Bonchev–Trinajstić information content (AvgIpc) is 3.49. The standard InChI is InChI=1S/C21H21N5O2S/c27-20(12-26-14-22-17-5-1-2-6-18(17)26)25-8-3-4-15(11-25)10-19-23-21(24-28-19)16-7-9-29-13-16/h1-2,5-7,9,13-15H,3-4,8,10-12H2/t15-/m1/s1. The summed E-state index contributed by atoms with van der Waals surface area (Å²) in [6.07, 6.45) is 4.50. The van der Waals surface area contributed by atoms with Gasteiger partial charge in [0, 0.05) is 30.5 Å². The lowest BCUT2D eigenvalue weighted by molar-refractivity contribution is -0.133. The summed E-state index contributed by atoms with van der Waals surface area (Å²) < 4.78 is 7.37. The first-order chi connectivity index (χ1) is 14.3. The monoisotopic (exact) mass is 407 g/mol. The summed E-state index contributed by atoms with van der Waals surface area (Å²) >= 11 is 1.61. The number of rotatable bonds is 5. The number of amides is 1. The molecule has 3 aromatic heterocycles. The molecule has 0 saturated carbocycles. The van der Waals surface area contributed by atoms with Crippen LogP contribution in [0.25, 0.3) is 22.4 Å². The van der Waals surface area contributed by atoms with Crippen LogP contribution in [-0.2, 0) is 17.8 Å². The Balaban J connectivity index is 1.23. The number of para-hydroxylation sites is 2. The van der Waals surface area contributed by atoms with E-state index >= 15 is 0 Å². The van der Waals surface area contributed by atoms with Crippen LogP contribution < -0.4 is 0 Å². The van der Waals surface area contributed by atoms with Gasteiger partial charge in [0.05, 0.1) is 17.4 Å². The number of imidazole rings is 1. The fourth-order valence-corrected chi connectivity index (χ4v) is 4.57. The third-order valence-corrected chi connectivity index (χ3v) is 6.10. The van der Waals surface area contributed by atoms with Crippen molar-refractivity contribution in [3.05, 3.63) is 53.3 Å². The Morgan fingerprint density at radius 2 is 2.21 bits per heavy atom. The third kappa shape index (κ3) is 3.80. The number of benzene rings is 1. The first-order valence-electron chi connectivity index (χ1n) is 9.79. The second kappa shape index (κ2) is 7.79. The minimum Gasteiger partial charge on any atom is -0.341 e. The number of piperidine rings is 1. The van der Waals surface area contributed by atoms with Crippen molar-refractivity contribution in [3.63, 3.8) is 0 Å². The second-order valence-electron chi connectivity index (χ2n) is 7.44. The van der Waals surface area contributed by atoms with Gasteiger partial charge in [-0.25, -0.2) is 4.98 Å². The van der Waals surface area contributed by atoms with E-state index in [0.717, 1.165) is 42.5 Å². The van der Waals surface area contributed by atoms with Gasteiger partial charge in [0.15, 0.2) is 0 Å². The number of nitrogens with zero attached hydrogens (tertiary/aromatic N) is 5. The van der Waals surface area contributed by atoms with E-state index in [1.807, 2.05) is 50.6 Å². The molecular formula is C21H21N5O2S. The van der Waals surface area contributed by atoms with E-state index in [2.05, 4.69) is 15.1 Å². The largest absolute Gasteiger partial charge is 0.341 e. The molecule has 0 N–H and O–H groups in total. The van der Waals surface area contributed by atoms with Gasteiger partial charge >= 0.3 is 0 Å². The maximum atomic E-state index is 12.9. The lowest BCUT2D eigenvalue weighted by Crippen LogP contribution is -2.42. The van der Waals surface area contributed by atoms with Crippen molar-refractivity contribution in [2.75, 3.05) is 13.1 Å². The van der Waals surface area contributed by atoms with E-state index in [9.17, 15) is 4.79 Å². The van der Waals surface area contributed by atoms with Gasteiger partial charge in [-0.15, -0.1) is 0 Å². The summed E-state index contributed by atoms with van der Waals surface area (Å²) in [6, 6.07) is 9.87. The fourth-order valence-electron chi connectivity index (χ4n) is 3.93. The minimum atomic E-state index is 0.127. The molecule has 1 fully saturated rings. The highest BCUT2D eigenvalue weighted by molar-refractivity contribution is 7.08. The highest BCUT2D eigenvalue weighted by Crippen LogP contribution is 2.23. The van der Waals surface area contributed by atoms with E-state index in [0.29, 0.717) is 30.6 Å². The molecule has 0 unspecified atom stereocenters. The molecule has 7 nitrogen and oxygen atoms in total. The molecule has 0 bridgehead atoms. The number of fused-ring (bicyclic) bond motifs is 1. The van der Waals surface area contributed by atoms with Gasteiger partial charge in [-0.2, -0.15) is 16.3 Å². The summed E-state index contributed by atoms with van der Waals surface area (Å²) in [5.74, 6) is 1.74. The number of aromatic nitrogens is 4. The molecule has 1 aliphatic rings. The predicted octanol–water partition coefficient (Wildman–Crippen LogP) is 3.63. The summed E-state index contributed by atoms with van der Waals surface area (Å²) in [5, 5.41) is 8.10. The second-order valence-corrected chi connectivity index (χ2v) is 8.22. The van der Waals surface area contributed by atoms with Crippen molar-refractivity contribution in [1.29, 1.82) is 0 Å². The number of hydrogen-bond donors (Lipinski definition) is 0. The molecule has 29 heavy (non-hydrogen) atoms. The summed E-state index contributed by atoms with van der Waals surface area (Å²) in [6.45, 7) is 1.84. The molecule has 1 saturated heterocycles. The number of likely N-dealkylation sites (tertiary alicyclic amines) is 1. The molecule has 1 aliphatic heterocycles. The molecule has 1 aromatic carbocycles. The van der Waals surface area contributed by atoms with Crippen molar-refractivity contribution < 1.29 is 9.32 Å². The molecule has 148 valence electrons. The average molecular weight is 407 g/mol. The molecule has 0 spiro atoms. The highest BCUT2D eigenvalue weighted by Gasteiger charge is 2.26. The van der Waals surface area contributed by atoms with Gasteiger partial charge in [-0.05, 0) is 42.3 Å². The summed E-state index contributed by atoms with van der Waals surface area (Å²) in [5.41, 5.74) is 2.88. The SMILES string of the molecule is O=C(Cn1cnc2ccccc21)N1CCC[C@H](Cc2nc(-c3ccsc3)no2)C1. The van der Waals surface area contributed by atoms with Gasteiger partial charge in [0.1, 0.15) is 6.54 Å². The fraction of sp³-hybridized carbons (Fsp3) is 0.333. The van der Waals surface area contributed by atoms with E-state index in [1.54, 1.807) is 17.7 Å². The van der Waals surface area contributed by atoms with Crippen LogP contribution >= 0.6 is 11.3 Å². The highest BCUT2D eigenvalue weighted by atomic mass is 32.1. The zero-order valence-corrected chi connectivity index (χ0v) is 16.7. The molecule has 4 heterocycles. The molecule has 1 amide bonds. The molecule has 0 radical (unpaired) electrons. The van der Waals surface area contributed by atoms with Crippen LogP contribution in [0.2, 0.25) is 0 Å². The Bertz CT molecular complexity index is 1120. The lowest BCUT2D eigenvalue weighted by atomic mass is 9.94. The van der Waals surface area contributed by atoms with Crippen LogP contribution in [0.3, 0.4) is 0 Å². The molecule has 5 rings (SSSR count). The molecule has 8 heteroatoms. The van der Waals surface area contributed by atoms with Gasteiger partial charge in [0.2, 0.25) is 17.6 Å². The maximum Gasteiger partial charge on any atom is 0.242 e. The smallest absolute Gasteiger partial charge is 0.242 e. The molecule has 4 aromatic rings. The minimum absolute atomic E-state index is 0.127. The van der Waals surface area contributed by atoms with E-state index < -0.39 is 0 Å². The van der Waals surface area contributed by atoms with Crippen molar-refractivity contribution >= 4 is 28.3 Å². The predicted molar refractivity (Wildman–Crippen MR) is 110 cm³/mol. The van der Waals surface area contributed by atoms with Crippen LogP contribution in [0.1, 0.15) is 18.7 Å². The van der Waals surface area contributed by atoms with Crippen LogP contribution in [-0.4, -0.2) is 43.6 Å². The Morgan fingerprint density at radius 1 is 1.28 bits per heavy atom. The van der Waals surface area contributed by atoms with Gasteiger partial charge in [0.25, 0.3) is 0 Å². The Labute approximate surface area is 172 Å². The normalized spacial score (nSPS) is 17.1. The number of hydrogen-bond acceptors (Lipinski definition) is 6. The number of carbonyl (C=O) groups excluding carboxylic acids is 1. The van der Waals surface area contributed by atoms with Crippen LogP contribution in [0, 0.1) is 5.92 Å². The van der Waals surface area contributed by atoms with Gasteiger partial charge < -0.3 is 14.0 Å². The van der Waals surface area contributed by atoms with Crippen molar-refractivity contribution in [2.24, 2.45) is 5.92 Å². The first-order valence-corrected chi connectivity index (χ1v) is 10.7. The van der Waals surface area contributed by atoms with Crippen LogP contribution in [0.5, 0.6) is 0 Å². The Morgan fingerprint density at radius 3 is 3.10 bits per heavy atom. The molecule has 0 aliphatic carbocycles. The van der Waals surface area contributed by atoms with Crippen LogP contribution in [0.4, 0.5) is 0 Å². The van der Waals surface area contributed by atoms with Crippen molar-refractivity contribution in [1.82, 2.24) is 24.6 Å². The van der Waals surface area contributed by atoms with Crippen LogP contribution in [0.15, 0.2) is 51.9 Å². The summed E-state index contributed by atoms with van der Waals surface area (Å²) in [7, 11) is 0. The van der Waals surface area contributed by atoms with Gasteiger partial charge in [-0.1, -0.05) is 17.3 Å². The lowest BCUT2D eigenvalue weighted by Gasteiger charge is -2.32.